The molecule has 0 atom stereocenters. The molecule has 0 N–H and O–H groups in total. The minimum absolute atomic E-state index is 0.189. The monoisotopic (exact) mass is 230 g/mol. The zero-order valence-corrected chi connectivity index (χ0v) is 10.9. The maximum Gasteiger partial charge on any atom is 0.129 e. The lowest BCUT2D eigenvalue weighted by Crippen LogP contribution is -2.19. The molecule has 0 radical (unpaired) electrons. The van der Waals surface area contributed by atoms with Crippen LogP contribution < -0.4 is 5.11 Å². The van der Waals surface area contributed by atoms with Crippen LogP contribution in [0, 0.1) is 11.5 Å². The number of aliphatic imine (C=N–C) groups is 1. The minimum Gasteiger partial charge on any atom is -0.858 e. The molecule has 0 amide bonds. The average molecular weight is 230 g/mol. The normalized spacial score (nSPS) is 11.8. The third-order valence-corrected chi connectivity index (χ3v) is 2.71. The van der Waals surface area contributed by atoms with Gasteiger partial charge in [-0.15, -0.1) is 5.54 Å². The molecule has 0 aliphatic heterocycles. The van der Waals surface area contributed by atoms with Gasteiger partial charge in [-0.25, -0.2) is 0 Å². The second-order valence-electron chi connectivity index (χ2n) is 4.54. The number of rotatable bonds is 2. The Labute approximate surface area is 98.1 Å². The van der Waals surface area contributed by atoms with Crippen molar-refractivity contribution in [3.05, 3.63) is 35.9 Å². The van der Waals surface area contributed by atoms with Crippen molar-refractivity contribution in [2.75, 3.05) is 6.54 Å². The molecule has 0 saturated heterocycles. The predicted molar refractivity (Wildman–Crippen MR) is 69.0 cm³/mol. The van der Waals surface area contributed by atoms with Crippen molar-refractivity contribution in [3.8, 4) is 11.5 Å². The van der Waals surface area contributed by atoms with Gasteiger partial charge >= 0.3 is 0 Å². The molecule has 0 spiro atoms. The number of hydrogen-bond acceptors (Lipinski definition) is 2. The summed E-state index contributed by atoms with van der Waals surface area (Å²) in [7, 11) is -1.34. The molecule has 0 fully saturated rings. The zero-order chi connectivity index (χ0) is 12.0. The largest absolute Gasteiger partial charge is 0.858 e. The molecule has 0 heterocycles. The summed E-state index contributed by atoms with van der Waals surface area (Å²) in [5.74, 6) is 2.76. The molecule has 0 saturated carbocycles. The standard InChI is InChI=1S/C13H17NOSi/c1-16(2,3)11-7-10-14-13(15)12-8-5-4-6-9-12/h4-6,8-9H,10H2,1-3H3,(H,14,15)/p-1. The highest BCUT2D eigenvalue weighted by molar-refractivity contribution is 6.83. The van der Waals surface area contributed by atoms with Crippen LogP contribution in [0.3, 0.4) is 0 Å². The first-order valence-corrected chi connectivity index (χ1v) is 8.76. The number of nitrogens with zero attached hydrogens (tertiary/aromatic N) is 1. The van der Waals surface area contributed by atoms with Crippen LogP contribution in [0.1, 0.15) is 5.56 Å². The fraction of sp³-hybridized carbons (Fsp3) is 0.308. The van der Waals surface area contributed by atoms with E-state index in [1.165, 1.54) is 0 Å². The van der Waals surface area contributed by atoms with Crippen LogP contribution in [0.4, 0.5) is 0 Å². The van der Waals surface area contributed by atoms with E-state index >= 15 is 0 Å². The quantitative estimate of drug-likeness (QED) is 0.329. The molecule has 16 heavy (non-hydrogen) atoms. The maximum absolute atomic E-state index is 11.5. The summed E-state index contributed by atoms with van der Waals surface area (Å²) in [5, 5.41) is 11.5. The Kier molecular flexibility index (Phi) is 4.33. The Morgan fingerprint density at radius 3 is 2.44 bits per heavy atom. The van der Waals surface area contributed by atoms with E-state index in [1.807, 2.05) is 18.2 Å². The van der Waals surface area contributed by atoms with E-state index in [4.69, 9.17) is 0 Å². The lowest BCUT2D eigenvalue weighted by molar-refractivity contribution is -0.213. The van der Waals surface area contributed by atoms with Gasteiger partial charge in [0.25, 0.3) is 0 Å². The Bertz CT molecular complexity index is 421. The topological polar surface area (TPSA) is 35.4 Å². The fourth-order valence-electron chi connectivity index (χ4n) is 1.09. The molecular formula is C13H16NOSi-. The maximum atomic E-state index is 11.5. The van der Waals surface area contributed by atoms with E-state index in [-0.39, 0.29) is 5.90 Å². The van der Waals surface area contributed by atoms with Crippen molar-refractivity contribution in [1.29, 1.82) is 0 Å². The van der Waals surface area contributed by atoms with Crippen molar-refractivity contribution in [2.24, 2.45) is 4.99 Å². The second-order valence-corrected chi connectivity index (χ2v) is 9.29. The van der Waals surface area contributed by atoms with Gasteiger partial charge in [-0.1, -0.05) is 55.9 Å². The number of benzene rings is 1. The SMILES string of the molecule is C[Si](C)(C)C#CCN=C([O-])c1ccccc1. The van der Waals surface area contributed by atoms with Crippen LogP contribution >= 0.6 is 0 Å². The molecule has 1 aromatic rings. The summed E-state index contributed by atoms with van der Waals surface area (Å²) in [6.45, 7) is 6.80. The molecule has 0 aliphatic rings. The molecule has 0 bridgehead atoms. The summed E-state index contributed by atoms with van der Waals surface area (Å²) in [6.07, 6.45) is 0. The van der Waals surface area contributed by atoms with Crippen LogP contribution in [-0.4, -0.2) is 20.5 Å². The van der Waals surface area contributed by atoms with Crippen molar-refractivity contribution in [2.45, 2.75) is 19.6 Å². The summed E-state index contributed by atoms with van der Waals surface area (Å²) in [4.78, 5) is 3.91. The number of hydrogen-bond donors (Lipinski definition) is 0. The van der Waals surface area contributed by atoms with Crippen molar-refractivity contribution >= 4 is 14.0 Å². The smallest absolute Gasteiger partial charge is 0.129 e. The van der Waals surface area contributed by atoms with Crippen LogP contribution in [0.5, 0.6) is 0 Å². The zero-order valence-electron chi connectivity index (χ0n) is 9.95. The Morgan fingerprint density at radius 1 is 1.25 bits per heavy atom. The molecule has 3 heteroatoms. The third kappa shape index (κ3) is 4.81. The first-order chi connectivity index (χ1) is 7.49. The molecule has 0 aliphatic carbocycles. The molecule has 1 rings (SSSR count). The van der Waals surface area contributed by atoms with Crippen LogP contribution in [0.2, 0.25) is 19.6 Å². The van der Waals surface area contributed by atoms with Crippen molar-refractivity contribution in [1.82, 2.24) is 0 Å². The molecule has 0 aromatic heterocycles. The highest BCUT2D eigenvalue weighted by Gasteiger charge is 2.06. The van der Waals surface area contributed by atoms with Crippen molar-refractivity contribution < 1.29 is 5.11 Å². The van der Waals surface area contributed by atoms with Gasteiger partial charge in [-0.3, -0.25) is 4.99 Å². The van der Waals surface area contributed by atoms with E-state index in [0.717, 1.165) is 0 Å². The Morgan fingerprint density at radius 2 is 1.88 bits per heavy atom. The average Bonchev–Trinajstić information content (AvgIpc) is 2.24. The van der Waals surface area contributed by atoms with E-state index in [9.17, 15) is 5.11 Å². The first-order valence-electron chi connectivity index (χ1n) is 5.26. The van der Waals surface area contributed by atoms with E-state index in [2.05, 4.69) is 36.1 Å². The van der Waals surface area contributed by atoms with Gasteiger partial charge in [0.05, 0.1) is 6.54 Å². The minimum atomic E-state index is -1.34. The van der Waals surface area contributed by atoms with Gasteiger partial charge in [0, 0.05) is 0 Å². The van der Waals surface area contributed by atoms with Gasteiger partial charge in [0.2, 0.25) is 0 Å². The van der Waals surface area contributed by atoms with E-state index < -0.39 is 8.07 Å². The van der Waals surface area contributed by atoms with Gasteiger partial charge in [-0.05, 0) is 11.5 Å². The Hall–Kier alpha value is -1.53. The molecule has 0 unspecified atom stereocenters. The van der Waals surface area contributed by atoms with E-state index in [1.54, 1.807) is 12.1 Å². The molecule has 84 valence electrons. The highest BCUT2D eigenvalue weighted by atomic mass is 28.3. The summed E-state index contributed by atoms with van der Waals surface area (Å²) >= 11 is 0. The summed E-state index contributed by atoms with van der Waals surface area (Å²) in [5.41, 5.74) is 3.79. The third-order valence-electron chi connectivity index (χ3n) is 1.79. The molecular weight excluding hydrogens is 214 g/mol. The highest BCUT2D eigenvalue weighted by Crippen LogP contribution is 1.98. The lowest BCUT2D eigenvalue weighted by atomic mass is 10.2. The molecule has 1 aromatic carbocycles. The van der Waals surface area contributed by atoms with E-state index in [0.29, 0.717) is 12.1 Å². The summed E-state index contributed by atoms with van der Waals surface area (Å²) in [6, 6.07) is 9.06. The van der Waals surface area contributed by atoms with Crippen molar-refractivity contribution in [3.63, 3.8) is 0 Å². The van der Waals surface area contributed by atoms with Gasteiger partial charge in [-0.2, -0.15) is 0 Å². The summed E-state index contributed by atoms with van der Waals surface area (Å²) < 4.78 is 0. The lowest BCUT2D eigenvalue weighted by Gasteiger charge is -2.09. The first kappa shape index (κ1) is 12.5. The van der Waals surface area contributed by atoms with Crippen LogP contribution in [-0.2, 0) is 0 Å². The Balaban J connectivity index is 2.62. The van der Waals surface area contributed by atoms with Gasteiger partial charge in [0.15, 0.2) is 0 Å². The fourth-order valence-corrected chi connectivity index (χ4v) is 1.70. The van der Waals surface area contributed by atoms with Crippen LogP contribution in [0.25, 0.3) is 0 Å². The molecule has 2 nitrogen and oxygen atoms in total. The van der Waals surface area contributed by atoms with Gasteiger partial charge in [0.1, 0.15) is 8.07 Å². The van der Waals surface area contributed by atoms with Crippen LogP contribution in [0.15, 0.2) is 35.3 Å². The predicted octanol–water partition coefficient (Wildman–Crippen LogP) is 1.67. The second kappa shape index (κ2) is 5.52. The van der Waals surface area contributed by atoms with Gasteiger partial charge < -0.3 is 5.11 Å².